The number of rotatable bonds is 7. The summed E-state index contributed by atoms with van der Waals surface area (Å²) in [5, 5.41) is 0. The van der Waals surface area contributed by atoms with Crippen molar-refractivity contribution >= 4 is 21.9 Å². The Labute approximate surface area is 148 Å². The Morgan fingerprint density at radius 2 is 1.96 bits per heavy atom. The predicted octanol–water partition coefficient (Wildman–Crippen LogP) is 4.22. The van der Waals surface area contributed by atoms with Crippen LogP contribution in [-0.2, 0) is 9.53 Å². The second-order valence-electron chi connectivity index (χ2n) is 7.01. The normalized spacial score (nSPS) is 11.9. The van der Waals surface area contributed by atoms with Crippen molar-refractivity contribution in [1.29, 1.82) is 0 Å². The fourth-order valence-corrected chi connectivity index (χ4v) is 2.47. The quantitative estimate of drug-likeness (QED) is 0.658. The van der Waals surface area contributed by atoms with Crippen molar-refractivity contribution in [3.05, 3.63) is 28.2 Å². The van der Waals surface area contributed by atoms with Crippen LogP contribution in [0.4, 0.5) is 0 Å². The van der Waals surface area contributed by atoms with E-state index in [9.17, 15) is 4.79 Å². The molecule has 0 unspecified atom stereocenters. The van der Waals surface area contributed by atoms with Crippen LogP contribution in [0.25, 0.3) is 0 Å². The van der Waals surface area contributed by atoms with Crippen molar-refractivity contribution < 1.29 is 14.3 Å². The molecule has 1 rings (SSSR count). The summed E-state index contributed by atoms with van der Waals surface area (Å²) >= 11 is 3.49. The standard InChI is InChI=1S/C18H28BrNO3/c1-13(2)15-11-14(19)7-8-16(15)22-10-9-20(6)12-17(21)23-18(3,4)5/h7-8,11,13H,9-10,12H2,1-6H3. The third-order valence-electron chi connectivity index (χ3n) is 3.14. The molecule has 130 valence electrons. The van der Waals surface area contributed by atoms with Gasteiger partial charge in [0, 0.05) is 11.0 Å². The number of hydrogen-bond acceptors (Lipinski definition) is 4. The van der Waals surface area contributed by atoms with Crippen molar-refractivity contribution in [2.45, 2.75) is 46.1 Å². The summed E-state index contributed by atoms with van der Waals surface area (Å²) in [5.41, 5.74) is 0.729. The number of likely N-dealkylation sites (N-methyl/N-ethyl adjacent to an activating group) is 1. The van der Waals surface area contributed by atoms with Gasteiger partial charge in [-0.2, -0.15) is 0 Å². The highest BCUT2D eigenvalue weighted by molar-refractivity contribution is 9.10. The van der Waals surface area contributed by atoms with E-state index < -0.39 is 5.60 Å². The Hall–Kier alpha value is -1.07. The lowest BCUT2D eigenvalue weighted by atomic mass is 10.0. The van der Waals surface area contributed by atoms with Crippen LogP contribution >= 0.6 is 15.9 Å². The van der Waals surface area contributed by atoms with Gasteiger partial charge in [0.15, 0.2) is 0 Å². The summed E-state index contributed by atoms with van der Waals surface area (Å²) in [7, 11) is 1.89. The summed E-state index contributed by atoms with van der Waals surface area (Å²) in [6, 6.07) is 6.04. The van der Waals surface area contributed by atoms with E-state index >= 15 is 0 Å². The molecule has 5 heteroatoms. The highest BCUT2D eigenvalue weighted by Crippen LogP contribution is 2.29. The monoisotopic (exact) mass is 385 g/mol. The Morgan fingerprint density at radius 3 is 2.52 bits per heavy atom. The molecule has 0 saturated carbocycles. The van der Waals surface area contributed by atoms with E-state index in [2.05, 4.69) is 35.8 Å². The molecule has 1 aromatic carbocycles. The van der Waals surface area contributed by atoms with Crippen molar-refractivity contribution in [2.24, 2.45) is 0 Å². The molecule has 0 bridgehead atoms. The van der Waals surface area contributed by atoms with Gasteiger partial charge in [-0.25, -0.2) is 0 Å². The van der Waals surface area contributed by atoms with E-state index in [0.29, 0.717) is 19.1 Å². The van der Waals surface area contributed by atoms with Crippen LogP contribution in [0.2, 0.25) is 0 Å². The highest BCUT2D eigenvalue weighted by atomic mass is 79.9. The van der Waals surface area contributed by atoms with Crippen LogP contribution in [-0.4, -0.2) is 43.2 Å². The molecule has 0 heterocycles. The Morgan fingerprint density at radius 1 is 1.30 bits per heavy atom. The number of carbonyl (C=O) groups excluding carboxylic acids is 1. The van der Waals surface area contributed by atoms with E-state index in [-0.39, 0.29) is 12.5 Å². The first-order chi connectivity index (χ1) is 10.6. The molecule has 23 heavy (non-hydrogen) atoms. The highest BCUT2D eigenvalue weighted by Gasteiger charge is 2.17. The number of benzene rings is 1. The minimum Gasteiger partial charge on any atom is -0.492 e. The van der Waals surface area contributed by atoms with Gasteiger partial charge in [-0.1, -0.05) is 29.8 Å². The zero-order chi connectivity index (χ0) is 17.6. The molecular formula is C18H28BrNO3. The van der Waals surface area contributed by atoms with Crippen LogP contribution in [0, 0.1) is 0 Å². The molecule has 0 radical (unpaired) electrons. The van der Waals surface area contributed by atoms with Crippen molar-refractivity contribution in [2.75, 3.05) is 26.7 Å². The molecule has 0 amide bonds. The number of carbonyl (C=O) groups is 1. The van der Waals surface area contributed by atoms with Gasteiger partial charge in [-0.05, 0) is 57.5 Å². The lowest BCUT2D eigenvalue weighted by Gasteiger charge is -2.22. The second-order valence-corrected chi connectivity index (χ2v) is 7.93. The zero-order valence-electron chi connectivity index (χ0n) is 15.0. The molecular weight excluding hydrogens is 358 g/mol. The van der Waals surface area contributed by atoms with Crippen molar-refractivity contribution in [1.82, 2.24) is 4.90 Å². The smallest absolute Gasteiger partial charge is 0.320 e. The number of hydrogen-bond donors (Lipinski definition) is 0. The third kappa shape index (κ3) is 7.84. The number of esters is 1. The fourth-order valence-electron chi connectivity index (χ4n) is 2.09. The molecule has 0 aliphatic rings. The van der Waals surface area contributed by atoms with Crippen LogP contribution in [0.15, 0.2) is 22.7 Å². The van der Waals surface area contributed by atoms with E-state index in [1.54, 1.807) is 0 Å². The summed E-state index contributed by atoms with van der Waals surface area (Å²) in [5.74, 6) is 1.07. The fraction of sp³-hybridized carbons (Fsp3) is 0.611. The predicted molar refractivity (Wildman–Crippen MR) is 97.1 cm³/mol. The molecule has 1 aromatic rings. The molecule has 0 aromatic heterocycles. The minimum atomic E-state index is -0.446. The first-order valence-electron chi connectivity index (χ1n) is 7.91. The largest absolute Gasteiger partial charge is 0.492 e. The van der Waals surface area contributed by atoms with E-state index in [1.807, 2.05) is 44.9 Å². The van der Waals surface area contributed by atoms with E-state index in [4.69, 9.17) is 9.47 Å². The average molecular weight is 386 g/mol. The topological polar surface area (TPSA) is 38.8 Å². The molecule has 4 nitrogen and oxygen atoms in total. The van der Waals surface area contributed by atoms with Crippen LogP contribution in [0.5, 0.6) is 5.75 Å². The maximum Gasteiger partial charge on any atom is 0.320 e. The maximum atomic E-state index is 11.8. The molecule has 0 aliphatic carbocycles. The number of nitrogens with zero attached hydrogens (tertiary/aromatic N) is 1. The maximum absolute atomic E-state index is 11.8. The van der Waals surface area contributed by atoms with Crippen LogP contribution < -0.4 is 4.74 Å². The molecule has 0 atom stereocenters. The van der Waals surface area contributed by atoms with Crippen molar-refractivity contribution in [3.8, 4) is 5.75 Å². The van der Waals surface area contributed by atoms with Gasteiger partial charge in [0.25, 0.3) is 0 Å². The third-order valence-corrected chi connectivity index (χ3v) is 3.64. The zero-order valence-corrected chi connectivity index (χ0v) is 16.6. The minimum absolute atomic E-state index is 0.216. The van der Waals surface area contributed by atoms with Crippen molar-refractivity contribution in [3.63, 3.8) is 0 Å². The SMILES string of the molecule is CC(C)c1cc(Br)ccc1OCCN(C)CC(=O)OC(C)(C)C. The van der Waals surface area contributed by atoms with Gasteiger partial charge in [0.2, 0.25) is 0 Å². The van der Waals surface area contributed by atoms with Gasteiger partial charge in [0.1, 0.15) is 18.0 Å². The van der Waals surface area contributed by atoms with Gasteiger partial charge < -0.3 is 9.47 Å². The Kier molecular flexibility index (Phi) is 7.55. The lowest BCUT2D eigenvalue weighted by molar-refractivity contribution is -0.155. The summed E-state index contributed by atoms with van der Waals surface area (Å²) in [6.45, 7) is 11.3. The van der Waals surface area contributed by atoms with Gasteiger partial charge in [-0.3, -0.25) is 9.69 Å². The average Bonchev–Trinajstić information content (AvgIpc) is 2.37. The molecule has 0 saturated heterocycles. The number of halogens is 1. The van der Waals surface area contributed by atoms with Gasteiger partial charge in [0.05, 0.1) is 6.54 Å². The molecule has 0 fully saturated rings. The number of ether oxygens (including phenoxy) is 2. The molecule has 0 spiro atoms. The first kappa shape index (κ1) is 20.0. The lowest BCUT2D eigenvalue weighted by Crippen LogP contribution is -2.34. The summed E-state index contributed by atoms with van der Waals surface area (Å²) < 4.78 is 12.3. The van der Waals surface area contributed by atoms with Gasteiger partial charge >= 0.3 is 5.97 Å². The van der Waals surface area contributed by atoms with Crippen LogP contribution in [0.1, 0.15) is 46.1 Å². The van der Waals surface area contributed by atoms with E-state index in [1.165, 1.54) is 5.56 Å². The Balaban J connectivity index is 2.46. The molecule has 0 aliphatic heterocycles. The first-order valence-corrected chi connectivity index (χ1v) is 8.70. The summed E-state index contributed by atoms with van der Waals surface area (Å²) in [6.07, 6.45) is 0. The summed E-state index contributed by atoms with van der Waals surface area (Å²) in [4.78, 5) is 13.7. The Bertz CT molecular complexity index is 523. The molecule has 0 N–H and O–H groups in total. The van der Waals surface area contributed by atoms with Crippen LogP contribution in [0.3, 0.4) is 0 Å². The van der Waals surface area contributed by atoms with E-state index in [0.717, 1.165) is 10.2 Å². The second kappa shape index (κ2) is 8.69. The van der Waals surface area contributed by atoms with Gasteiger partial charge in [-0.15, -0.1) is 0 Å².